The van der Waals surface area contributed by atoms with Crippen molar-refractivity contribution in [1.82, 2.24) is 15.4 Å². The molecule has 0 radical (unpaired) electrons. The van der Waals surface area contributed by atoms with Gasteiger partial charge >= 0.3 is 6.09 Å². The van der Waals surface area contributed by atoms with Gasteiger partial charge in [0.2, 0.25) is 15.9 Å². The van der Waals surface area contributed by atoms with E-state index in [1.807, 2.05) is 62.4 Å². The van der Waals surface area contributed by atoms with Gasteiger partial charge in [-0.05, 0) is 49.1 Å². The normalized spacial score (nSPS) is 13.2. The smallest absolute Gasteiger partial charge is 0.408 e. The number of amides is 2. The minimum absolute atomic E-state index is 0.0181. The molecule has 0 unspecified atom stereocenters. The molecule has 11 heteroatoms. The van der Waals surface area contributed by atoms with Gasteiger partial charge in [-0.25, -0.2) is 17.9 Å². The Labute approximate surface area is 238 Å². The molecule has 41 heavy (non-hydrogen) atoms. The lowest BCUT2D eigenvalue weighted by molar-refractivity contribution is -0.127. The third-order valence-electron chi connectivity index (χ3n) is 6.44. The van der Waals surface area contributed by atoms with Gasteiger partial charge in [0, 0.05) is 10.8 Å². The summed E-state index contributed by atoms with van der Waals surface area (Å²) in [7, 11) is -4.06. The molecule has 3 aromatic carbocycles. The zero-order valence-electron chi connectivity index (χ0n) is 23.0. The van der Waals surface area contributed by atoms with Crippen LogP contribution in [0.2, 0.25) is 0 Å². The van der Waals surface area contributed by atoms with Crippen molar-refractivity contribution in [2.24, 2.45) is 5.92 Å². The van der Waals surface area contributed by atoms with Gasteiger partial charge < -0.3 is 19.8 Å². The van der Waals surface area contributed by atoms with Crippen LogP contribution in [0.4, 0.5) is 4.79 Å². The standard InChI is InChI=1S/C30H33N3O7S/c1-19(2)15-25(32-30(36)39-18-21-9-5-4-6-10-21)29(35)31-17-26(34)20(3)33-41(37,38)22-13-14-28-24(16-22)23-11-7-8-12-27(23)40-28/h4-14,16,19-20,25,33H,15,17-18H2,1-3H3,(H,31,35)(H,32,36)/t20-,25+/m1/s1. The summed E-state index contributed by atoms with van der Waals surface area (Å²) in [5, 5.41) is 6.48. The van der Waals surface area contributed by atoms with E-state index in [4.69, 9.17) is 9.15 Å². The van der Waals surface area contributed by atoms with Crippen LogP contribution >= 0.6 is 0 Å². The summed E-state index contributed by atoms with van der Waals surface area (Å²) >= 11 is 0. The average molecular weight is 580 g/mol. The van der Waals surface area contributed by atoms with E-state index in [0.717, 1.165) is 10.9 Å². The highest BCUT2D eigenvalue weighted by Crippen LogP contribution is 2.30. The highest BCUT2D eigenvalue weighted by atomic mass is 32.2. The van der Waals surface area contributed by atoms with Gasteiger partial charge in [0.25, 0.3) is 0 Å². The van der Waals surface area contributed by atoms with Crippen molar-refractivity contribution in [2.75, 3.05) is 6.54 Å². The van der Waals surface area contributed by atoms with E-state index in [9.17, 15) is 22.8 Å². The number of Topliss-reactive ketones (excluding diaryl/α,β-unsaturated/α-hetero) is 1. The van der Waals surface area contributed by atoms with E-state index in [1.54, 1.807) is 12.1 Å². The number of para-hydroxylation sites is 1. The quantitative estimate of drug-likeness (QED) is 0.227. The molecular formula is C30H33N3O7S. The predicted octanol–water partition coefficient (Wildman–Crippen LogP) is 4.28. The molecule has 0 fully saturated rings. The number of rotatable bonds is 12. The monoisotopic (exact) mass is 579 g/mol. The fourth-order valence-corrected chi connectivity index (χ4v) is 5.55. The molecule has 0 saturated heterocycles. The van der Waals surface area contributed by atoms with Crippen molar-refractivity contribution in [3.63, 3.8) is 0 Å². The lowest BCUT2D eigenvalue weighted by Gasteiger charge is -2.20. The zero-order valence-corrected chi connectivity index (χ0v) is 23.9. The van der Waals surface area contributed by atoms with Crippen LogP contribution in [-0.4, -0.2) is 44.8 Å². The van der Waals surface area contributed by atoms with E-state index >= 15 is 0 Å². The van der Waals surface area contributed by atoms with Crippen molar-refractivity contribution in [3.8, 4) is 0 Å². The fraction of sp³-hybridized carbons (Fsp3) is 0.300. The minimum Gasteiger partial charge on any atom is -0.456 e. The second kappa shape index (κ2) is 13.0. The second-order valence-corrected chi connectivity index (χ2v) is 11.9. The molecule has 4 aromatic rings. The maximum atomic E-state index is 13.1. The third kappa shape index (κ3) is 7.71. The van der Waals surface area contributed by atoms with E-state index in [2.05, 4.69) is 15.4 Å². The third-order valence-corrected chi connectivity index (χ3v) is 7.98. The van der Waals surface area contributed by atoms with Gasteiger partial charge in [-0.3, -0.25) is 9.59 Å². The molecule has 0 spiro atoms. The molecule has 4 rings (SSSR count). The Morgan fingerprint density at radius 3 is 2.29 bits per heavy atom. The van der Waals surface area contributed by atoms with Crippen LogP contribution < -0.4 is 15.4 Å². The molecule has 216 valence electrons. The van der Waals surface area contributed by atoms with Crippen LogP contribution in [0.3, 0.4) is 0 Å². The van der Waals surface area contributed by atoms with Crippen molar-refractivity contribution in [1.29, 1.82) is 0 Å². The number of hydrogen-bond donors (Lipinski definition) is 3. The highest BCUT2D eigenvalue weighted by Gasteiger charge is 2.26. The maximum absolute atomic E-state index is 13.1. The van der Waals surface area contributed by atoms with Gasteiger partial charge in [-0.2, -0.15) is 0 Å². The van der Waals surface area contributed by atoms with E-state index in [-0.39, 0.29) is 17.4 Å². The number of furan rings is 1. The average Bonchev–Trinajstić information content (AvgIpc) is 3.32. The van der Waals surface area contributed by atoms with Crippen LogP contribution in [0, 0.1) is 5.92 Å². The molecule has 0 aliphatic heterocycles. The van der Waals surface area contributed by atoms with E-state index in [1.165, 1.54) is 19.1 Å². The summed E-state index contributed by atoms with van der Waals surface area (Å²) in [6, 6.07) is 18.8. The summed E-state index contributed by atoms with van der Waals surface area (Å²) in [4.78, 5) is 37.9. The first-order chi connectivity index (χ1) is 19.5. The summed E-state index contributed by atoms with van der Waals surface area (Å²) < 4.78 is 39.5. The van der Waals surface area contributed by atoms with Crippen molar-refractivity contribution in [3.05, 3.63) is 78.4 Å². The first-order valence-corrected chi connectivity index (χ1v) is 14.7. The Hall–Kier alpha value is -4.22. The number of carbonyl (C=O) groups is 3. The number of fused-ring (bicyclic) bond motifs is 3. The van der Waals surface area contributed by atoms with Gasteiger partial charge in [-0.1, -0.05) is 62.4 Å². The molecule has 2 atom stereocenters. The molecule has 1 aromatic heterocycles. The number of nitrogens with one attached hydrogen (secondary N) is 3. The molecular weight excluding hydrogens is 546 g/mol. The lowest BCUT2D eigenvalue weighted by atomic mass is 10.0. The van der Waals surface area contributed by atoms with Gasteiger partial charge in [0.05, 0.1) is 17.5 Å². The largest absolute Gasteiger partial charge is 0.456 e. The Bertz CT molecular complexity index is 1650. The Balaban J connectivity index is 1.34. The van der Waals surface area contributed by atoms with E-state index in [0.29, 0.717) is 23.0 Å². The fourth-order valence-electron chi connectivity index (χ4n) is 4.30. The van der Waals surface area contributed by atoms with Gasteiger partial charge in [0.15, 0.2) is 5.78 Å². The summed E-state index contributed by atoms with van der Waals surface area (Å²) in [6.07, 6.45) is -0.446. The summed E-state index contributed by atoms with van der Waals surface area (Å²) in [5.41, 5.74) is 1.98. The molecule has 10 nitrogen and oxygen atoms in total. The number of ether oxygens (including phenoxy) is 1. The number of carbonyl (C=O) groups excluding carboxylic acids is 3. The first-order valence-electron chi connectivity index (χ1n) is 13.2. The van der Waals surface area contributed by atoms with Crippen molar-refractivity contribution < 1.29 is 32.0 Å². The number of benzene rings is 3. The molecule has 0 aliphatic rings. The summed E-state index contributed by atoms with van der Waals surface area (Å²) in [6.45, 7) is 4.81. The van der Waals surface area contributed by atoms with Crippen molar-refractivity contribution >= 4 is 49.7 Å². The Morgan fingerprint density at radius 2 is 1.56 bits per heavy atom. The van der Waals surface area contributed by atoms with Crippen LogP contribution in [-0.2, 0) is 31.0 Å². The molecule has 1 heterocycles. The topological polar surface area (TPSA) is 144 Å². The Kier molecular flexibility index (Phi) is 9.41. The zero-order chi connectivity index (χ0) is 29.6. The minimum atomic E-state index is -4.06. The molecule has 3 N–H and O–H groups in total. The predicted molar refractivity (Wildman–Crippen MR) is 155 cm³/mol. The Morgan fingerprint density at radius 1 is 0.878 bits per heavy atom. The van der Waals surface area contributed by atoms with Crippen LogP contribution in [0.25, 0.3) is 21.9 Å². The van der Waals surface area contributed by atoms with Crippen LogP contribution in [0.5, 0.6) is 0 Å². The van der Waals surface area contributed by atoms with Crippen LogP contribution in [0.15, 0.2) is 82.1 Å². The van der Waals surface area contributed by atoms with E-state index < -0.39 is 46.4 Å². The maximum Gasteiger partial charge on any atom is 0.408 e. The number of sulfonamides is 1. The molecule has 2 amide bonds. The number of ketones is 1. The highest BCUT2D eigenvalue weighted by molar-refractivity contribution is 7.89. The second-order valence-electron chi connectivity index (χ2n) is 10.2. The van der Waals surface area contributed by atoms with Crippen LogP contribution in [0.1, 0.15) is 32.8 Å². The number of hydrogen-bond acceptors (Lipinski definition) is 7. The summed E-state index contributed by atoms with van der Waals surface area (Å²) in [5.74, 6) is -1.06. The SMILES string of the molecule is CC(C)C[C@H](NC(=O)OCc1ccccc1)C(=O)NCC(=O)[C@@H](C)NS(=O)(=O)c1ccc2oc3ccccc3c2c1. The molecule has 0 saturated carbocycles. The lowest BCUT2D eigenvalue weighted by Crippen LogP contribution is -2.50. The van der Waals surface area contributed by atoms with Gasteiger partial charge in [0.1, 0.15) is 23.8 Å². The first kappa shape index (κ1) is 29.8. The molecule has 0 bridgehead atoms. The number of alkyl carbamates (subject to hydrolysis) is 1. The molecule has 0 aliphatic carbocycles. The van der Waals surface area contributed by atoms with Crippen molar-refractivity contribution in [2.45, 2.75) is 50.8 Å². The van der Waals surface area contributed by atoms with Gasteiger partial charge in [-0.15, -0.1) is 0 Å².